The molecule has 0 heterocycles. The van der Waals surface area contributed by atoms with E-state index in [1.54, 1.807) is 12.1 Å². The van der Waals surface area contributed by atoms with Crippen LogP contribution in [0.1, 0.15) is 11.1 Å². The molecule has 0 radical (unpaired) electrons. The van der Waals surface area contributed by atoms with Gasteiger partial charge in [-0.1, -0.05) is 0 Å². The minimum atomic E-state index is -1.10. The van der Waals surface area contributed by atoms with Gasteiger partial charge in [-0.2, -0.15) is 0 Å². The summed E-state index contributed by atoms with van der Waals surface area (Å²) in [6, 6.07) is 3.41. The zero-order valence-electron chi connectivity index (χ0n) is 14.1. The van der Waals surface area contributed by atoms with Crippen molar-refractivity contribution in [3.8, 4) is 11.5 Å². The average molecular weight is 336 g/mol. The summed E-state index contributed by atoms with van der Waals surface area (Å²) in [6.07, 6.45) is 0.156. The van der Waals surface area contributed by atoms with Crippen molar-refractivity contribution < 1.29 is 33.3 Å². The summed E-state index contributed by atoms with van der Waals surface area (Å²) >= 11 is 0. The fraction of sp³-hybridized carbons (Fsp3) is 0.471. The largest absolute Gasteiger partial charge is 0.496 e. The number of rotatable bonds is 4. The van der Waals surface area contributed by atoms with E-state index in [0.717, 1.165) is 0 Å². The monoisotopic (exact) mass is 336 g/mol. The van der Waals surface area contributed by atoms with Crippen molar-refractivity contribution >= 4 is 17.7 Å². The highest BCUT2D eigenvalue weighted by Gasteiger charge is 2.42. The number of hydrogen-bond donors (Lipinski definition) is 0. The van der Waals surface area contributed by atoms with Crippen LogP contribution in [0, 0.1) is 11.8 Å². The van der Waals surface area contributed by atoms with Crippen molar-refractivity contribution in [2.24, 2.45) is 11.8 Å². The van der Waals surface area contributed by atoms with Gasteiger partial charge in [-0.15, -0.1) is 0 Å². The number of Topliss-reactive ketones (excluding diaryl/α,β-unsaturated/α-hetero) is 1. The Morgan fingerprint density at radius 3 is 1.50 bits per heavy atom. The van der Waals surface area contributed by atoms with Crippen LogP contribution in [-0.4, -0.2) is 46.2 Å². The Labute approximate surface area is 139 Å². The molecule has 0 saturated heterocycles. The first-order valence-corrected chi connectivity index (χ1v) is 7.40. The second-order valence-electron chi connectivity index (χ2n) is 5.39. The summed E-state index contributed by atoms with van der Waals surface area (Å²) in [7, 11) is 5.41. The van der Waals surface area contributed by atoms with Crippen LogP contribution in [0.4, 0.5) is 0 Å². The molecule has 0 saturated carbocycles. The Morgan fingerprint density at radius 2 is 1.21 bits per heavy atom. The summed E-state index contributed by atoms with van der Waals surface area (Å²) in [5, 5.41) is 0. The van der Waals surface area contributed by atoms with Crippen molar-refractivity contribution in [2.45, 2.75) is 12.8 Å². The maximum absolute atomic E-state index is 12.7. The van der Waals surface area contributed by atoms with Crippen LogP contribution in [0.2, 0.25) is 0 Å². The smallest absolute Gasteiger partial charge is 0.316 e. The van der Waals surface area contributed by atoms with E-state index in [0.29, 0.717) is 22.6 Å². The zero-order valence-corrected chi connectivity index (χ0v) is 14.1. The molecule has 1 aromatic carbocycles. The van der Waals surface area contributed by atoms with Crippen molar-refractivity contribution in [1.29, 1.82) is 0 Å². The minimum Gasteiger partial charge on any atom is -0.496 e. The van der Waals surface area contributed by atoms with E-state index in [1.165, 1.54) is 28.4 Å². The van der Waals surface area contributed by atoms with Crippen LogP contribution in [0.3, 0.4) is 0 Å². The lowest BCUT2D eigenvalue weighted by molar-refractivity contribution is -0.155. The zero-order chi connectivity index (χ0) is 17.9. The van der Waals surface area contributed by atoms with Crippen molar-refractivity contribution in [2.75, 3.05) is 28.4 Å². The molecular formula is C17H20O7. The molecule has 2 rings (SSSR count). The van der Waals surface area contributed by atoms with Gasteiger partial charge in [0, 0.05) is 11.1 Å². The van der Waals surface area contributed by atoms with E-state index in [-0.39, 0.29) is 12.8 Å². The molecule has 1 aromatic rings. The lowest BCUT2D eigenvalue weighted by Gasteiger charge is -2.16. The number of hydrogen-bond acceptors (Lipinski definition) is 7. The van der Waals surface area contributed by atoms with Gasteiger partial charge in [-0.25, -0.2) is 0 Å². The van der Waals surface area contributed by atoms with E-state index >= 15 is 0 Å². The second kappa shape index (κ2) is 7.33. The average Bonchev–Trinajstić information content (AvgIpc) is 2.76. The van der Waals surface area contributed by atoms with Crippen LogP contribution in [0.25, 0.3) is 0 Å². The number of fused-ring (bicyclic) bond motifs is 1. The number of esters is 2. The van der Waals surface area contributed by atoms with Crippen LogP contribution in [0.15, 0.2) is 12.1 Å². The second-order valence-corrected chi connectivity index (χ2v) is 5.39. The number of carbonyl (C=O) groups is 3. The molecule has 0 aromatic heterocycles. The van der Waals surface area contributed by atoms with Crippen molar-refractivity contribution in [3.05, 3.63) is 23.3 Å². The number of benzene rings is 1. The first-order valence-electron chi connectivity index (χ1n) is 7.40. The van der Waals surface area contributed by atoms with E-state index in [2.05, 4.69) is 0 Å². The van der Waals surface area contributed by atoms with Crippen LogP contribution in [-0.2, 0) is 36.7 Å². The molecule has 0 aliphatic heterocycles. The van der Waals surface area contributed by atoms with Gasteiger partial charge in [-0.05, 0) is 25.0 Å². The van der Waals surface area contributed by atoms with Gasteiger partial charge in [0.25, 0.3) is 0 Å². The van der Waals surface area contributed by atoms with Gasteiger partial charge in [-0.3, -0.25) is 14.4 Å². The van der Waals surface area contributed by atoms with E-state index in [4.69, 9.17) is 18.9 Å². The van der Waals surface area contributed by atoms with Crippen molar-refractivity contribution in [3.63, 3.8) is 0 Å². The lowest BCUT2D eigenvalue weighted by atomic mass is 9.90. The summed E-state index contributed by atoms with van der Waals surface area (Å²) in [5.74, 6) is -3.04. The maximum Gasteiger partial charge on any atom is 0.316 e. The number of carbonyl (C=O) groups excluding carboxylic acids is 3. The molecule has 24 heavy (non-hydrogen) atoms. The highest BCUT2D eigenvalue weighted by Crippen LogP contribution is 2.38. The molecule has 1 aliphatic rings. The summed E-state index contributed by atoms with van der Waals surface area (Å²) in [6.45, 7) is 0. The van der Waals surface area contributed by atoms with Gasteiger partial charge in [0.15, 0.2) is 5.78 Å². The highest BCUT2D eigenvalue weighted by molar-refractivity contribution is 6.09. The first kappa shape index (κ1) is 17.8. The van der Waals surface area contributed by atoms with E-state index < -0.39 is 29.6 Å². The lowest BCUT2D eigenvalue weighted by Crippen LogP contribution is -2.35. The molecule has 0 fully saturated rings. The SMILES string of the molecule is COC(=O)[C@H]1Cc2c(OC)ccc(OC)c2C[C@H](C(=O)OC)C1=O. The first-order chi connectivity index (χ1) is 11.5. The molecule has 2 atom stereocenters. The molecule has 0 spiro atoms. The number of methoxy groups -OCH3 is 4. The van der Waals surface area contributed by atoms with Gasteiger partial charge in [0.2, 0.25) is 0 Å². The fourth-order valence-corrected chi connectivity index (χ4v) is 3.02. The molecule has 0 N–H and O–H groups in total. The summed E-state index contributed by atoms with van der Waals surface area (Å²) < 4.78 is 20.2. The molecular weight excluding hydrogens is 316 g/mol. The third kappa shape index (κ3) is 3.06. The maximum atomic E-state index is 12.7. The Bertz CT molecular complexity index is 610. The van der Waals surface area contributed by atoms with Crippen LogP contribution >= 0.6 is 0 Å². The number of ketones is 1. The molecule has 0 amide bonds. The normalized spacial score (nSPS) is 19.8. The Kier molecular flexibility index (Phi) is 5.43. The van der Waals surface area contributed by atoms with Crippen LogP contribution < -0.4 is 9.47 Å². The molecule has 130 valence electrons. The predicted molar refractivity (Wildman–Crippen MR) is 83.0 cm³/mol. The molecule has 0 unspecified atom stereocenters. The Morgan fingerprint density at radius 1 is 0.833 bits per heavy atom. The molecule has 0 bridgehead atoms. The van der Waals surface area contributed by atoms with Crippen molar-refractivity contribution in [1.82, 2.24) is 0 Å². The third-order valence-corrected chi connectivity index (χ3v) is 4.26. The quantitative estimate of drug-likeness (QED) is 0.459. The standard InChI is InChI=1S/C17H20O7/c1-21-13-5-6-14(22-2)10-8-12(17(20)24-4)15(18)11(7-9(10)13)16(19)23-3/h5-6,11-12H,7-8H2,1-4H3/t11-,12-/m0/s1. The third-order valence-electron chi connectivity index (χ3n) is 4.26. The Hall–Kier alpha value is -2.57. The fourth-order valence-electron chi connectivity index (χ4n) is 3.02. The highest BCUT2D eigenvalue weighted by atomic mass is 16.5. The molecule has 7 heteroatoms. The van der Waals surface area contributed by atoms with Crippen LogP contribution in [0.5, 0.6) is 11.5 Å². The van der Waals surface area contributed by atoms with Gasteiger partial charge < -0.3 is 18.9 Å². The van der Waals surface area contributed by atoms with E-state index in [9.17, 15) is 14.4 Å². The van der Waals surface area contributed by atoms with Gasteiger partial charge >= 0.3 is 11.9 Å². The number of ether oxygens (including phenoxy) is 4. The van der Waals surface area contributed by atoms with Gasteiger partial charge in [0.05, 0.1) is 28.4 Å². The topological polar surface area (TPSA) is 88.1 Å². The predicted octanol–water partition coefficient (Wildman–Crippen LogP) is 0.950. The summed E-state index contributed by atoms with van der Waals surface area (Å²) in [5.41, 5.74) is 1.32. The van der Waals surface area contributed by atoms with E-state index in [1.807, 2.05) is 0 Å². The summed E-state index contributed by atoms with van der Waals surface area (Å²) in [4.78, 5) is 36.9. The van der Waals surface area contributed by atoms with Gasteiger partial charge in [0.1, 0.15) is 23.3 Å². The minimum absolute atomic E-state index is 0.0781. The molecule has 7 nitrogen and oxygen atoms in total. The Balaban J connectivity index is 2.64. The molecule has 1 aliphatic carbocycles.